The molecule has 2 rings (SSSR count). The highest BCUT2D eigenvalue weighted by molar-refractivity contribution is 8.00. The molecular weight excluding hydrogens is 339 g/mol. The Morgan fingerprint density at radius 3 is 2.68 bits per heavy atom. The van der Waals surface area contributed by atoms with Crippen molar-refractivity contribution in [2.45, 2.75) is 30.9 Å². The van der Waals surface area contributed by atoms with Crippen LogP contribution in [-0.2, 0) is 4.79 Å². The zero-order valence-corrected chi connectivity index (χ0v) is 14.8. The number of pyridine rings is 1. The highest BCUT2D eigenvalue weighted by Crippen LogP contribution is 2.29. The van der Waals surface area contributed by atoms with E-state index in [1.54, 1.807) is 6.07 Å². The van der Waals surface area contributed by atoms with Crippen molar-refractivity contribution in [2.24, 2.45) is 0 Å². The van der Waals surface area contributed by atoms with Gasteiger partial charge in [-0.2, -0.15) is 0 Å². The van der Waals surface area contributed by atoms with Crippen molar-refractivity contribution in [3.05, 3.63) is 51.6 Å². The van der Waals surface area contributed by atoms with Crippen LogP contribution in [0.3, 0.4) is 0 Å². The van der Waals surface area contributed by atoms with Gasteiger partial charge < -0.3 is 5.32 Å². The lowest BCUT2D eigenvalue weighted by atomic mass is 10.2. The van der Waals surface area contributed by atoms with E-state index < -0.39 is 0 Å². The number of amides is 1. The molecule has 1 aromatic heterocycles. The van der Waals surface area contributed by atoms with E-state index in [4.69, 9.17) is 23.2 Å². The van der Waals surface area contributed by atoms with Crippen molar-refractivity contribution in [3.8, 4) is 0 Å². The maximum atomic E-state index is 12.3. The lowest BCUT2D eigenvalue weighted by molar-refractivity contribution is -0.115. The van der Waals surface area contributed by atoms with Gasteiger partial charge in [0.1, 0.15) is 0 Å². The Balaban J connectivity index is 2.07. The second-order valence-electron chi connectivity index (χ2n) is 5.00. The predicted molar refractivity (Wildman–Crippen MR) is 94.1 cm³/mol. The van der Waals surface area contributed by atoms with Crippen molar-refractivity contribution in [2.75, 3.05) is 5.32 Å². The summed E-state index contributed by atoms with van der Waals surface area (Å²) in [6.07, 6.45) is 1.45. The summed E-state index contributed by atoms with van der Waals surface area (Å²) in [6.45, 7) is 5.92. The molecule has 22 heavy (non-hydrogen) atoms. The van der Waals surface area contributed by atoms with Crippen LogP contribution >= 0.6 is 35.0 Å². The SMILES string of the molecule is Cc1ccc(C)c(S[C@H](C)C(=O)Nc2ncc(Cl)cc2Cl)c1. The minimum absolute atomic E-state index is 0.150. The molecule has 0 aliphatic heterocycles. The molecule has 2 aromatic rings. The molecule has 0 aliphatic rings. The van der Waals surface area contributed by atoms with Gasteiger partial charge in [-0.05, 0) is 38.5 Å². The molecule has 1 atom stereocenters. The molecule has 6 heteroatoms. The summed E-state index contributed by atoms with van der Waals surface area (Å²) in [4.78, 5) is 17.4. The van der Waals surface area contributed by atoms with Gasteiger partial charge in [0.25, 0.3) is 0 Å². The number of anilines is 1. The first-order valence-corrected chi connectivity index (χ1v) is 8.36. The fourth-order valence-electron chi connectivity index (χ4n) is 1.80. The van der Waals surface area contributed by atoms with Crippen LogP contribution in [0.2, 0.25) is 10.0 Å². The molecule has 0 unspecified atom stereocenters. The molecule has 0 radical (unpaired) electrons. The number of aromatic nitrogens is 1. The van der Waals surface area contributed by atoms with Crippen LogP contribution in [0.4, 0.5) is 5.82 Å². The molecule has 3 nitrogen and oxygen atoms in total. The van der Waals surface area contributed by atoms with Gasteiger partial charge in [-0.3, -0.25) is 4.79 Å². The van der Waals surface area contributed by atoms with E-state index in [0.29, 0.717) is 15.9 Å². The molecule has 1 N–H and O–H groups in total. The number of rotatable bonds is 4. The number of nitrogens with zero attached hydrogens (tertiary/aromatic N) is 1. The Bertz CT molecular complexity index is 707. The second-order valence-corrected chi connectivity index (χ2v) is 7.23. The lowest BCUT2D eigenvalue weighted by Gasteiger charge is -2.14. The number of hydrogen-bond acceptors (Lipinski definition) is 3. The topological polar surface area (TPSA) is 42.0 Å². The number of nitrogens with one attached hydrogen (secondary N) is 1. The molecule has 0 saturated carbocycles. The first-order valence-electron chi connectivity index (χ1n) is 6.72. The fourth-order valence-corrected chi connectivity index (χ4v) is 3.29. The smallest absolute Gasteiger partial charge is 0.238 e. The van der Waals surface area contributed by atoms with Crippen LogP contribution in [0.5, 0.6) is 0 Å². The molecule has 0 fully saturated rings. The summed E-state index contributed by atoms with van der Waals surface area (Å²) in [5.74, 6) is 0.173. The van der Waals surface area contributed by atoms with Crippen molar-refractivity contribution in [1.29, 1.82) is 0 Å². The highest BCUT2D eigenvalue weighted by atomic mass is 35.5. The molecule has 0 bridgehead atoms. The quantitative estimate of drug-likeness (QED) is 0.774. The second kappa shape index (κ2) is 7.36. The Kier molecular flexibility index (Phi) is 5.73. The van der Waals surface area contributed by atoms with Gasteiger partial charge in [-0.15, -0.1) is 11.8 Å². The van der Waals surface area contributed by atoms with E-state index in [9.17, 15) is 4.79 Å². The van der Waals surface area contributed by atoms with Crippen molar-refractivity contribution >= 4 is 46.7 Å². The van der Waals surface area contributed by atoms with E-state index in [1.807, 2.05) is 20.8 Å². The number of hydrogen-bond donors (Lipinski definition) is 1. The zero-order chi connectivity index (χ0) is 16.3. The standard InChI is InChI=1S/C16H16Cl2N2OS/c1-9-4-5-10(2)14(6-9)22-11(3)16(21)20-15-13(18)7-12(17)8-19-15/h4-8,11H,1-3H3,(H,19,20,21)/t11-/m1/s1. The van der Waals surface area contributed by atoms with E-state index in [2.05, 4.69) is 28.5 Å². The van der Waals surface area contributed by atoms with E-state index in [1.165, 1.54) is 23.5 Å². The average molecular weight is 355 g/mol. The summed E-state index contributed by atoms with van der Waals surface area (Å²) < 4.78 is 0. The summed E-state index contributed by atoms with van der Waals surface area (Å²) in [6, 6.07) is 7.74. The highest BCUT2D eigenvalue weighted by Gasteiger charge is 2.17. The number of thioether (sulfide) groups is 1. The number of carbonyl (C=O) groups is 1. The van der Waals surface area contributed by atoms with Gasteiger partial charge in [0.05, 0.1) is 15.3 Å². The third kappa shape index (κ3) is 4.38. The van der Waals surface area contributed by atoms with Gasteiger partial charge in [0, 0.05) is 11.1 Å². The lowest BCUT2D eigenvalue weighted by Crippen LogP contribution is -2.23. The number of halogens is 2. The monoisotopic (exact) mass is 354 g/mol. The summed E-state index contributed by atoms with van der Waals surface area (Å²) in [7, 11) is 0. The first-order chi connectivity index (χ1) is 10.4. The van der Waals surface area contributed by atoms with Gasteiger partial charge >= 0.3 is 0 Å². The Labute approximate surface area is 144 Å². The minimum atomic E-state index is -0.269. The summed E-state index contributed by atoms with van der Waals surface area (Å²) in [5.41, 5.74) is 2.32. The Morgan fingerprint density at radius 1 is 1.27 bits per heavy atom. The molecule has 116 valence electrons. The van der Waals surface area contributed by atoms with Crippen molar-refractivity contribution in [1.82, 2.24) is 4.98 Å². The average Bonchev–Trinajstić information content (AvgIpc) is 2.45. The van der Waals surface area contributed by atoms with Crippen LogP contribution in [0.25, 0.3) is 0 Å². The molecule has 0 saturated heterocycles. The minimum Gasteiger partial charge on any atom is -0.308 e. The number of benzene rings is 1. The molecule has 0 aliphatic carbocycles. The zero-order valence-electron chi connectivity index (χ0n) is 12.5. The Morgan fingerprint density at radius 2 is 2.00 bits per heavy atom. The third-order valence-electron chi connectivity index (χ3n) is 3.07. The van der Waals surface area contributed by atoms with E-state index in [0.717, 1.165) is 10.5 Å². The van der Waals surface area contributed by atoms with Crippen LogP contribution < -0.4 is 5.32 Å². The molecule has 1 heterocycles. The summed E-state index contributed by atoms with van der Waals surface area (Å²) >= 11 is 13.3. The maximum absolute atomic E-state index is 12.3. The van der Waals surface area contributed by atoms with Gasteiger partial charge in [-0.25, -0.2) is 4.98 Å². The third-order valence-corrected chi connectivity index (χ3v) is 4.82. The van der Waals surface area contributed by atoms with E-state index in [-0.39, 0.29) is 11.2 Å². The van der Waals surface area contributed by atoms with Crippen molar-refractivity contribution < 1.29 is 4.79 Å². The maximum Gasteiger partial charge on any atom is 0.238 e. The van der Waals surface area contributed by atoms with Gasteiger partial charge in [0.2, 0.25) is 5.91 Å². The normalized spacial score (nSPS) is 12.0. The van der Waals surface area contributed by atoms with Crippen LogP contribution in [0, 0.1) is 13.8 Å². The number of carbonyl (C=O) groups excluding carboxylic acids is 1. The molecular formula is C16H16Cl2N2OS. The van der Waals surface area contributed by atoms with Gasteiger partial charge in [-0.1, -0.05) is 40.9 Å². The molecule has 0 spiro atoms. The first kappa shape index (κ1) is 17.1. The van der Waals surface area contributed by atoms with Crippen LogP contribution in [0.1, 0.15) is 18.1 Å². The fraction of sp³-hybridized carbons (Fsp3) is 0.250. The Hall–Kier alpha value is -1.23. The molecule has 1 amide bonds. The largest absolute Gasteiger partial charge is 0.308 e. The van der Waals surface area contributed by atoms with Crippen LogP contribution in [-0.4, -0.2) is 16.1 Å². The summed E-state index contributed by atoms with van der Waals surface area (Å²) in [5, 5.41) is 3.22. The molecule has 1 aromatic carbocycles. The number of aryl methyl sites for hydroxylation is 2. The predicted octanol–water partition coefficient (Wildman–Crippen LogP) is 5.12. The van der Waals surface area contributed by atoms with Crippen molar-refractivity contribution in [3.63, 3.8) is 0 Å². The van der Waals surface area contributed by atoms with E-state index >= 15 is 0 Å². The van der Waals surface area contributed by atoms with Gasteiger partial charge in [0.15, 0.2) is 5.82 Å². The van der Waals surface area contributed by atoms with Crippen LogP contribution in [0.15, 0.2) is 35.4 Å².